The fraction of sp³-hybridized carbons (Fsp3) is 0.500. The van der Waals surface area contributed by atoms with Crippen LogP contribution in [0.1, 0.15) is 33.9 Å². The molecule has 1 saturated heterocycles. The van der Waals surface area contributed by atoms with Gasteiger partial charge in [0.15, 0.2) is 6.23 Å². The average Bonchev–Trinajstić information content (AvgIpc) is 3.03. The monoisotopic (exact) mass is 670 g/mol. The molecule has 15 heteroatoms. The van der Waals surface area contributed by atoms with E-state index < -0.39 is 55.4 Å². The van der Waals surface area contributed by atoms with E-state index in [9.17, 15) is 19.3 Å². The summed E-state index contributed by atoms with van der Waals surface area (Å²) >= 11 is 8.51. The minimum Gasteiger partial charge on any atom is -0.462 e. The molecule has 1 aromatic heterocycles. The minimum atomic E-state index is -4.21. The van der Waals surface area contributed by atoms with Gasteiger partial charge in [-0.2, -0.15) is 10.1 Å². The zero-order valence-corrected chi connectivity index (χ0v) is 24.3. The molecule has 0 saturated carbocycles. The number of nitrogens with one attached hydrogen (secondary N) is 1. The van der Waals surface area contributed by atoms with Crippen LogP contribution in [0.15, 0.2) is 41.3 Å². The molecule has 2 heterocycles. The Balaban J connectivity index is 1.81. The Morgan fingerprint density at radius 1 is 1.38 bits per heavy atom. The van der Waals surface area contributed by atoms with Gasteiger partial charge in [-0.25, -0.2) is 9.36 Å². The van der Waals surface area contributed by atoms with Crippen molar-refractivity contribution in [3.63, 3.8) is 0 Å². The first-order chi connectivity index (χ1) is 17.2. The number of carbonyl (C=O) groups is 1. The molecular weight excluding hydrogens is 642 g/mol. The summed E-state index contributed by atoms with van der Waals surface area (Å²) in [6.07, 6.45) is -2.59. The Kier molecular flexibility index (Phi) is 9.65. The lowest BCUT2D eigenvalue weighted by molar-refractivity contribution is -0.149. The van der Waals surface area contributed by atoms with Gasteiger partial charge in [-0.15, -0.1) is 11.6 Å². The number of carbonyl (C=O) groups excluding carboxylic acids is 1. The molecule has 1 fully saturated rings. The molecule has 204 valence electrons. The van der Waals surface area contributed by atoms with Crippen LogP contribution in [0.3, 0.4) is 0 Å². The number of para-hydroxylation sites is 1. The fourth-order valence-electron chi connectivity index (χ4n) is 3.48. The SMILES string of the molecule is CC(C)OC(=O)[C@@H](C)N[P@](=O)(OC[C@H]1O[C@@H](n2cc(I)c(N)nc2=O)[C@](C)(Cl)[C@@H]1O)Oc1ccccc1. The molecule has 4 N–H and O–H groups in total. The summed E-state index contributed by atoms with van der Waals surface area (Å²) in [6, 6.07) is 7.15. The first kappa shape index (κ1) is 29.8. The van der Waals surface area contributed by atoms with Crippen molar-refractivity contribution in [2.24, 2.45) is 0 Å². The summed E-state index contributed by atoms with van der Waals surface area (Å²) in [7, 11) is -4.21. The van der Waals surface area contributed by atoms with Gasteiger partial charge in [-0.1, -0.05) is 18.2 Å². The lowest BCUT2D eigenvalue weighted by Gasteiger charge is -2.26. The van der Waals surface area contributed by atoms with Crippen LogP contribution in [0.25, 0.3) is 0 Å². The molecule has 1 aromatic carbocycles. The number of nitrogens with zero attached hydrogens (tertiary/aromatic N) is 2. The van der Waals surface area contributed by atoms with E-state index in [0.717, 1.165) is 4.57 Å². The van der Waals surface area contributed by atoms with Crippen molar-refractivity contribution >= 4 is 53.7 Å². The standard InChI is InChI=1S/C22H29ClIN4O8P/c1-12(2)34-19(30)13(3)27-37(32,36-14-8-6-5-7-9-14)33-11-16-17(29)22(4,23)20(35-16)28-10-15(24)18(25)26-21(28)31/h5-10,12-13,16-17,20,29H,11H2,1-4H3,(H,27,32)(H2,25,26,31)/t13-,16-,17-,20-,22-,37+/m1/s1. The van der Waals surface area contributed by atoms with Crippen LogP contribution >= 0.6 is 41.9 Å². The van der Waals surface area contributed by atoms with E-state index in [-0.39, 0.29) is 17.7 Å². The highest BCUT2D eigenvalue weighted by Crippen LogP contribution is 2.48. The maximum atomic E-state index is 13.7. The maximum Gasteiger partial charge on any atom is 0.459 e. The maximum absolute atomic E-state index is 13.7. The van der Waals surface area contributed by atoms with Gasteiger partial charge >= 0.3 is 19.4 Å². The highest BCUT2D eigenvalue weighted by molar-refractivity contribution is 14.1. The molecule has 2 aromatic rings. The average molecular weight is 671 g/mol. The van der Waals surface area contributed by atoms with Crippen LogP contribution < -0.4 is 21.0 Å². The first-order valence-electron chi connectivity index (χ1n) is 11.3. The molecule has 3 rings (SSSR count). The third-order valence-corrected chi connectivity index (χ3v) is 8.22. The number of benzene rings is 1. The number of hydrogen-bond donors (Lipinski definition) is 3. The van der Waals surface area contributed by atoms with Crippen molar-refractivity contribution in [1.29, 1.82) is 0 Å². The van der Waals surface area contributed by atoms with Crippen molar-refractivity contribution in [3.8, 4) is 5.75 Å². The van der Waals surface area contributed by atoms with Crippen LogP contribution in [-0.4, -0.2) is 56.5 Å². The summed E-state index contributed by atoms with van der Waals surface area (Å²) < 4.78 is 37.5. The lowest BCUT2D eigenvalue weighted by Crippen LogP contribution is -2.42. The van der Waals surface area contributed by atoms with Gasteiger partial charge in [0.05, 0.1) is 16.3 Å². The second kappa shape index (κ2) is 12.0. The lowest BCUT2D eigenvalue weighted by atomic mass is 10.0. The van der Waals surface area contributed by atoms with E-state index in [2.05, 4.69) is 10.1 Å². The number of halogens is 2. The number of aliphatic hydroxyl groups excluding tert-OH is 1. The van der Waals surface area contributed by atoms with Gasteiger partial charge in [-0.05, 0) is 62.4 Å². The molecule has 0 radical (unpaired) electrons. The topological polar surface area (TPSA) is 164 Å². The smallest absolute Gasteiger partial charge is 0.459 e. The number of esters is 1. The van der Waals surface area contributed by atoms with Gasteiger partial charge in [0.25, 0.3) is 0 Å². The number of nitrogens with two attached hydrogens (primary N) is 1. The van der Waals surface area contributed by atoms with Crippen molar-refractivity contribution in [2.75, 3.05) is 12.3 Å². The minimum absolute atomic E-state index is 0.0479. The zero-order valence-electron chi connectivity index (χ0n) is 20.5. The number of hydrogen-bond acceptors (Lipinski definition) is 10. The second-order valence-corrected chi connectivity index (χ2v) is 12.5. The van der Waals surface area contributed by atoms with E-state index in [1.165, 1.54) is 20.0 Å². The molecule has 37 heavy (non-hydrogen) atoms. The molecule has 12 nitrogen and oxygen atoms in total. The van der Waals surface area contributed by atoms with Crippen LogP contribution in [0.4, 0.5) is 5.82 Å². The van der Waals surface area contributed by atoms with E-state index in [4.69, 9.17) is 35.9 Å². The third kappa shape index (κ3) is 7.22. The Hall–Kier alpha value is -1.74. The van der Waals surface area contributed by atoms with Crippen LogP contribution in [0, 0.1) is 3.57 Å². The Bertz CT molecular complexity index is 1210. The summed E-state index contributed by atoms with van der Waals surface area (Å²) in [5.41, 5.74) is 4.98. The van der Waals surface area contributed by atoms with E-state index in [1.807, 2.05) is 22.6 Å². The van der Waals surface area contributed by atoms with E-state index in [0.29, 0.717) is 3.57 Å². The molecule has 0 amide bonds. The van der Waals surface area contributed by atoms with Crippen LogP contribution in [0.2, 0.25) is 0 Å². The van der Waals surface area contributed by atoms with E-state index in [1.54, 1.807) is 44.2 Å². The van der Waals surface area contributed by atoms with Crippen molar-refractivity contribution in [1.82, 2.24) is 14.6 Å². The van der Waals surface area contributed by atoms with Crippen molar-refractivity contribution in [2.45, 2.75) is 63.2 Å². The number of aromatic nitrogens is 2. The summed E-state index contributed by atoms with van der Waals surface area (Å²) in [6.45, 7) is 5.84. The van der Waals surface area contributed by atoms with Crippen LogP contribution in [0.5, 0.6) is 5.75 Å². The number of ether oxygens (including phenoxy) is 2. The zero-order chi connectivity index (χ0) is 27.5. The Morgan fingerprint density at radius 3 is 2.65 bits per heavy atom. The number of rotatable bonds is 10. The molecule has 0 unspecified atom stereocenters. The van der Waals surface area contributed by atoms with Gasteiger partial charge in [-0.3, -0.25) is 13.9 Å². The predicted molar refractivity (Wildman–Crippen MR) is 144 cm³/mol. The molecule has 0 spiro atoms. The van der Waals surface area contributed by atoms with Gasteiger partial charge < -0.3 is 24.8 Å². The number of aliphatic hydroxyl groups is 1. The van der Waals surface area contributed by atoms with Gasteiger partial charge in [0.2, 0.25) is 0 Å². The molecule has 6 atom stereocenters. The number of nitrogen functional groups attached to an aromatic ring is 1. The fourth-order valence-corrected chi connectivity index (χ4v) is 5.70. The highest BCUT2D eigenvalue weighted by atomic mass is 127. The van der Waals surface area contributed by atoms with Crippen molar-refractivity contribution < 1.29 is 33.0 Å². The second-order valence-electron chi connectivity index (χ2n) is 8.82. The van der Waals surface area contributed by atoms with E-state index >= 15 is 0 Å². The molecule has 1 aliphatic rings. The van der Waals surface area contributed by atoms with Gasteiger partial charge in [0, 0.05) is 6.20 Å². The number of alkyl halides is 1. The molecular formula is C22H29ClIN4O8P. The predicted octanol–water partition coefficient (Wildman–Crippen LogP) is 2.82. The summed E-state index contributed by atoms with van der Waals surface area (Å²) in [4.78, 5) is 27.0. The Labute approximate surface area is 232 Å². The third-order valence-electron chi connectivity index (χ3n) is 5.34. The molecule has 0 bridgehead atoms. The quantitative estimate of drug-likeness (QED) is 0.147. The highest BCUT2D eigenvalue weighted by Gasteiger charge is 2.54. The first-order valence-corrected chi connectivity index (χ1v) is 14.3. The molecule has 0 aliphatic carbocycles. The summed E-state index contributed by atoms with van der Waals surface area (Å²) in [5.74, 6) is -0.401. The normalized spacial score (nSPS) is 26.0. The number of anilines is 1. The van der Waals surface area contributed by atoms with Gasteiger partial charge in [0.1, 0.15) is 34.7 Å². The summed E-state index contributed by atoms with van der Waals surface area (Å²) in [5, 5.41) is 13.5. The largest absolute Gasteiger partial charge is 0.462 e. The Morgan fingerprint density at radius 2 is 2.03 bits per heavy atom. The van der Waals surface area contributed by atoms with Crippen LogP contribution in [-0.2, 0) is 23.4 Å². The molecule has 1 aliphatic heterocycles. The van der Waals surface area contributed by atoms with Crippen molar-refractivity contribution in [3.05, 3.63) is 50.6 Å².